The first-order chi connectivity index (χ1) is 8.25. The Kier molecular flexibility index (Phi) is 4.29. The normalized spacial score (nSPS) is 40.0. The van der Waals surface area contributed by atoms with E-state index in [2.05, 4.69) is 9.98 Å². The lowest BCUT2D eigenvalue weighted by atomic mass is 9.82. The highest BCUT2D eigenvalue weighted by molar-refractivity contribution is 5.69. The van der Waals surface area contributed by atoms with Crippen LogP contribution in [0.25, 0.3) is 0 Å². The van der Waals surface area contributed by atoms with Crippen LogP contribution >= 0.6 is 0 Å². The Morgan fingerprint density at radius 3 is 1.22 bits per heavy atom. The number of hydrogen-bond donors (Lipinski definition) is 10. The molecule has 0 aliphatic heterocycles. The lowest BCUT2D eigenvalue weighted by molar-refractivity contribution is -0.595. The molecule has 0 aromatic carbocycles. The van der Waals surface area contributed by atoms with Crippen molar-refractivity contribution in [1.29, 1.82) is 0 Å². The number of guanidine groups is 2. The van der Waals surface area contributed by atoms with Crippen LogP contribution in [0.1, 0.15) is 0 Å². The molecular weight excluding hydrogens is 244 g/mol. The number of rotatable bonds is 2. The standard InChI is InChI=1S/C8H18N6O4/c9-7(10)13-1-3(15)2(14-8(11)12)5(17)6(18)4(1)16/h1-6,15-18H,(H4,9,10,13)(H4,11,12,14)/p+2/t1-,2+,3?,4+,5-,6?. The van der Waals surface area contributed by atoms with Gasteiger partial charge in [-0.3, -0.25) is 32.9 Å². The molecule has 0 amide bonds. The fraction of sp³-hybridized carbons (Fsp3) is 0.750. The Labute approximate surface area is 103 Å². The molecule has 10 heteroatoms. The number of hydrogen-bond acceptors (Lipinski definition) is 4. The largest absolute Gasteiger partial charge is 0.387 e. The predicted molar refractivity (Wildman–Crippen MR) is 60.3 cm³/mol. The van der Waals surface area contributed by atoms with E-state index in [-0.39, 0.29) is 11.9 Å². The maximum Gasteiger partial charge on any atom is 0.339 e. The third kappa shape index (κ3) is 2.79. The van der Waals surface area contributed by atoms with Crippen LogP contribution in [0, 0.1) is 0 Å². The molecule has 1 aliphatic carbocycles. The maximum absolute atomic E-state index is 9.98. The van der Waals surface area contributed by atoms with Crippen LogP contribution < -0.4 is 32.9 Å². The molecule has 0 saturated heterocycles. The molecule has 0 aromatic heterocycles. The fourth-order valence-corrected chi connectivity index (χ4v) is 1.98. The third-order valence-electron chi connectivity index (χ3n) is 2.84. The van der Waals surface area contributed by atoms with Crippen molar-refractivity contribution in [3.05, 3.63) is 0 Å². The van der Waals surface area contributed by atoms with Crippen molar-refractivity contribution < 1.29 is 30.4 Å². The van der Waals surface area contributed by atoms with Crippen molar-refractivity contribution >= 4 is 11.9 Å². The van der Waals surface area contributed by atoms with Crippen molar-refractivity contribution in [3.63, 3.8) is 0 Å². The highest BCUT2D eigenvalue weighted by Crippen LogP contribution is 2.16. The summed E-state index contributed by atoms with van der Waals surface area (Å²) in [5.41, 5.74) is 20.9. The van der Waals surface area contributed by atoms with Crippen LogP contribution in [-0.2, 0) is 0 Å². The van der Waals surface area contributed by atoms with Gasteiger partial charge < -0.3 is 20.4 Å². The van der Waals surface area contributed by atoms with Crippen LogP contribution in [0.4, 0.5) is 0 Å². The van der Waals surface area contributed by atoms with E-state index in [1.165, 1.54) is 0 Å². The molecule has 18 heavy (non-hydrogen) atoms. The van der Waals surface area contributed by atoms with Crippen molar-refractivity contribution in [1.82, 2.24) is 0 Å². The number of nitrogens with one attached hydrogen (secondary N) is 2. The second-order valence-corrected chi connectivity index (χ2v) is 4.21. The number of aliphatic hydroxyl groups is 4. The van der Waals surface area contributed by atoms with Gasteiger partial charge in [-0.05, 0) is 0 Å². The Balaban J connectivity index is 3.08. The zero-order valence-electron chi connectivity index (χ0n) is 9.56. The van der Waals surface area contributed by atoms with Gasteiger partial charge in [-0.1, -0.05) is 0 Å². The van der Waals surface area contributed by atoms with Crippen LogP contribution in [0.15, 0.2) is 0 Å². The monoisotopic (exact) mass is 264 g/mol. The minimum atomic E-state index is -1.53. The Morgan fingerprint density at radius 2 is 0.944 bits per heavy atom. The number of nitrogens with two attached hydrogens (primary N) is 4. The maximum atomic E-state index is 9.98. The molecule has 10 nitrogen and oxygen atoms in total. The van der Waals surface area contributed by atoms with Gasteiger partial charge >= 0.3 is 11.9 Å². The van der Waals surface area contributed by atoms with E-state index in [0.717, 1.165) is 0 Å². The summed E-state index contributed by atoms with van der Waals surface area (Å²) >= 11 is 0. The van der Waals surface area contributed by atoms with Gasteiger partial charge in [0.25, 0.3) is 0 Å². The fourth-order valence-electron chi connectivity index (χ4n) is 1.98. The van der Waals surface area contributed by atoms with Gasteiger partial charge in [0.15, 0.2) is 0 Å². The first kappa shape index (κ1) is 14.4. The van der Waals surface area contributed by atoms with Crippen molar-refractivity contribution in [3.8, 4) is 0 Å². The van der Waals surface area contributed by atoms with E-state index >= 15 is 0 Å². The van der Waals surface area contributed by atoms with Gasteiger partial charge in [0, 0.05) is 0 Å². The minimum Gasteiger partial charge on any atom is -0.387 e. The van der Waals surface area contributed by atoms with Gasteiger partial charge in [0.1, 0.15) is 36.5 Å². The Morgan fingerprint density at radius 1 is 0.611 bits per heavy atom. The summed E-state index contributed by atoms with van der Waals surface area (Å²) in [5.74, 6) is -0.490. The summed E-state index contributed by atoms with van der Waals surface area (Å²) in [4.78, 5) is 4.81. The zero-order chi connectivity index (χ0) is 14.0. The first-order valence-electron chi connectivity index (χ1n) is 5.26. The van der Waals surface area contributed by atoms with E-state index in [1.54, 1.807) is 0 Å². The molecule has 1 rings (SSSR count). The van der Waals surface area contributed by atoms with Crippen molar-refractivity contribution in [2.24, 2.45) is 22.9 Å². The number of aliphatic hydroxyl groups excluding tert-OH is 4. The highest BCUT2D eigenvalue weighted by atomic mass is 16.4. The molecule has 14 N–H and O–H groups in total. The van der Waals surface area contributed by atoms with Gasteiger partial charge in [-0.25, -0.2) is 0 Å². The summed E-state index contributed by atoms with van der Waals surface area (Å²) in [7, 11) is 0. The lowest BCUT2D eigenvalue weighted by Crippen LogP contribution is -2.99. The molecule has 0 aromatic rings. The first-order valence-corrected chi connectivity index (χ1v) is 5.26. The summed E-state index contributed by atoms with van der Waals surface area (Å²) in [6, 6.07) is -2.16. The van der Waals surface area contributed by atoms with E-state index in [9.17, 15) is 20.4 Å². The zero-order valence-corrected chi connectivity index (χ0v) is 9.56. The van der Waals surface area contributed by atoms with Crippen molar-refractivity contribution in [2.75, 3.05) is 0 Å². The summed E-state index contributed by atoms with van der Waals surface area (Å²) < 4.78 is 0. The second kappa shape index (κ2) is 5.35. The molecule has 0 spiro atoms. The molecule has 1 aliphatic rings. The van der Waals surface area contributed by atoms with Gasteiger partial charge in [-0.15, -0.1) is 0 Å². The topological polar surface area (TPSA) is 213 Å². The molecule has 2 unspecified atom stereocenters. The highest BCUT2D eigenvalue weighted by Gasteiger charge is 2.50. The summed E-state index contributed by atoms with van der Waals surface area (Å²) in [6.07, 6.45) is -5.78. The van der Waals surface area contributed by atoms with Gasteiger partial charge in [0.2, 0.25) is 0 Å². The lowest BCUT2D eigenvalue weighted by Gasteiger charge is -2.39. The molecule has 0 radical (unpaired) electrons. The quantitative estimate of drug-likeness (QED) is 0.170. The minimum absolute atomic E-state index is 0.245. The van der Waals surface area contributed by atoms with E-state index in [0.29, 0.717) is 0 Å². The average molecular weight is 264 g/mol. The van der Waals surface area contributed by atoms with Crippen molar-refractivity contribution in [2.45, 2.75) is 36.5 Å². The Bertz CT molecular complexity index is 321. The molecule has 0 heterocycles. The second-order valence-electron chi connectivity index (χ2n) is 4.21. The summed E-state index contributed by atoms with van der Waals surface area (Å²) in [5, 5.41) is 39.1. The van der Waals surface area contributed by atoms with Gasteiger partial charge in [-0.2, -0.15) is 0 Å². The van der Waals surface area contributed by atoms with E-state index < -0.39 is 36.5 Å². The van der Waals surface area contributed by atoms with Crippen LogP contribution in [-0.4, -0.2) is 68.8 Å². The smallest absolute Gasteiger partial charge is 0.339 e. The summed E-state index contributed by atoms with van der Waals surface area (Å²) in [6.45, 7) is 0. The van der Waals surface area contributed by atoms with Crippen LogP contribution in [0.3, 0.4) is 0 Å². The van der Waals surface area contributed by atoms with E-state index in [4.69, 9.17) is 22.9 Å². The molecule has 1 saturated carbocycles. The SMILES string of the molecule is NC(N)=[NH+][C@@H]1C(O)[C@H]([NH+]=C(N)N)[C@@H](O)C(O)[C@H]1O. The molecule has 6 atom stereocenters. The Hall–Kier alpha value is -1.62. The predicted octanol–water partition coefficient (Wildman–Crippen LogP) is -9.11. The van der Waals surface area contributed by atoms with Crippen LogP contribution in [0.2, 0.25) is 0 Å². The van der Waals surface area contributed by atoms with Crippen LogP contribution in [0.5, 0.6) is 0 Å². The molecule has 0 bridgehead atoms. The van der Waals surface area contributed by atoms with E-state index in [1.807, 2.05) is 0 Å². The average Bonchev–Trinajstić information content (AvgIpc) is 2.27. The molecular formula is C8H20N6O4+2. The third-order valence-corrected chi connectivity index (χ3v) is 2.84. The molecule has 104 valence electrons. The van der Waals surface area contributed by atoms with Gasteiger partial charge in [0.05, 0.1) is 0 Å². The molecule has 1 fully saturated rings.